The molecular weight excluding hydrogens is 283 g/mol. The summed E-state index contributed by atoms with van der Waals surface area (Å²) >= 11 is 0. The van der Waals surface area contributed by atoms with Crippen molar-refractivity contribution in [2.75, 3.05) is 11.9 Å². The Hall–Kier alpha value is -2.21. The highest BCUT2D eigenvalue weighted by Crippen LogP contribution is 2.22. The maximum absolute atomic E-state index is 12.8. The van der Waals surface area contributed by atoms with E-state index in [1.165, 1.54) is 24.3 Å². The molecule has 1 atom stereocenters. The average Bonchev–Trinajstić information content (AvgIpc) is 2.47. The summed E-state index contributed by atoms with van der Waals surface area (Å²) in [5, 5.41) is 12.4. The van der Waals surface area contributed by atoms with Crippen LogP contribution < -0.4 is 10.1 Å². The van der Waals surface area contributed by atoms with E-state index in [9.17, 15) is 18.3 Å². The molecule has 1 unspecified atom stereocenters. The van der Waals surface area contributed by atoms with Crippen molar-refractivity contribution in [1.29, 1.82) is 0 Å². The van der Waals surface area contributed by atoms with Gasteiger partial charge in [0.25, 0.3) is 0 Å². The maximum Gasteiger partial charge on any atom is 0.387 e. The van der Waals surface area contributed by atoms with Crippen molar-refractivity contribution in [2.24, 2.45) is 0 Å². The van der Waals surface area contributed by atoms with E-state index in [1.807, 2.05) is 0 Å². The molecule has 0 radical (unpaired) electrons. The Labute approximate surface area is 120 Å². The van der Waals surface area contributed by atoms with Crippen molar-refractivity contribution in [1.82, 2.24) is 0 Å². The first-order valence-corrected chi connectivity index (χ1v) is 6.26. The van der Waals surface area contributed by atoms with Gasteiger partial charge < -0.3 is 15.2 Å². The Morgan fingerprint density at radius 1 is 1.00 bits per heavy atom. The number of alkyl halides is 2. The number of nitrogens with one attached hydrogen (secondary N) is 1. The first-order chi connectivity index (χ1) is 10.1. The van der Waals surface area contributed by atoms with Gasteiger partial charge in [-0.2, -0.15) is 8.78 Å². The van der Waals surface area contributed by atoms with Crippen molar-refractivity contribution >= 4 is 5.69 Å². The molecule has 2 rings (SSSR count). The smallest absolute Gasteiger partial charge is 0.387 e. The molecule has 0 aliphatic carbocycles. The van der Waals surface area contributed by atoms with Gasteiger partial charge in [0.1, 0.15) is 11.6 Å². The Morgan fingerprint density at radius 3 is 2.14 bits per heavy atom. The quantitative estimate of drug-likeness (QED) is 0.856. The molecule has 0 fully saturated rings. The molecule has 0 bridgehead atoms. The summed E-state index contributed by atoms with van der Waals surface area (Å²) in [5.74, 6) is -0.304. The van der Waals surface area contributed by atoms with Crippen molar-refractivity contribution in [3.8, 4) is 5.75 Å². The van der Waals surface area contributed by atoms with Gasteiger partial charge in [-0.1, -0.05) is 12.1 Å². The normalized spacial score (nSPS) is 12.2. The van der Waals surface area contributed by atoms with E-state index in [1.54, 1.807) is 24.3 Å². The SMILES string of the molecule is OCC(Nc1ccc(F)cc1)c1ccc(OC(F)F)cc1. The van der Waals surface area contributed by atoms with Crippen molar-refractivity contribution in [3.05, 3.63) is 59.9 Å². The maximum atomic E-state index is 12.8. The van der Waals surface area contributed by atoms with Crippen LogP contribution in [0.3, 0.4) is 0 Å². The van der Waals surface area contributed by atoms with Crippen LogP contribution in [0.15, 0.2) is 48.5 Å². The zero-order valence-corrected chi connectivity index (χ0v) is 11.0. The number of benzene rings is 2. The van der Waals surface area contributed by atoms with E-state index < -0.39 is 12.7 Å². The lowest BCUT2D eigenvalue weighted by atomic mass is 10.1. The first kappa shape index (κ1) is 15.2. The van der Waals surface area contributed by atoms with Gasteiger partial charge >= 0.3 is 6.61 Å². The molecule has 0 aliphatic heterocycles. The number of halogens is 3. The molecule has 0 heterocycles. The summed E-state index contributed by atoms with van der Waals surface area (Å²) < 4.78 is 41.2. The lowest BCUT2D eigenvalue weighted by molar-refractivity contribution is -0.0498. The largest absolute Gasteiger partial charge is 0.435 e. The fourth-order valence-electron chi connectivity index (χ4n) is 1.86. The molecule has 0 aliphatic rings. The minimum absolute atomic E-state index is 0.0484. The molecular formula is C15H14F3NO2. The predicted octanol–water partition coefficient (Wildman–Crippen LogP) is 3.57. The van der Waals surface area contributed by atoms with Gasteiger partial charge in [-0.25, -0.2) is 4.39 Å². The van der Waals surface area contributed by atoms with Crippen LogP contribution in [-0.2, 0) is 0 Å². The van der Waals surface area contributed by atoms with Crippen molar-refractivity contribution in [2.45, 2.75) is 12.7 Å². The fourth-order valence-corrected chi connectivity index (χ4v) is 1.86. The van der Waals surface area contributed by atoms with Gasteiger partial charge in [0.2, 0.25) is 0 Å². The van der Waals surface area contributed by atoms with E-state index in [-0.39, 0.29) is 18.2 Å². The second-order valence-corrected chi connectivity index (χ2v) is 4.33. The van der Waals surface area contributed by atoms with E-state index >= 15 is 0 Å². The molecule has 0 saturated heterocycles. The van der Waals surface area contributed by atoms with Gasteiger partial charge in [-0.3, -0.25) is 0 Å². The van der Waals surface area contributed by atoms with Gasteiger partial charge in [0.15, 0.2) is 0 Å². The van der Waals surface area contributed by atoms with Crippen molar-refractivity contribution in [3.63, 3.8) is 0 Å². The van der Waals surface area contributed by atoms with Crippen LogP contribution in [0.4, 0.5) is 18.9 Å². The number of hydrogen-bond donors (Lipinski definition) is 2. The van der Waals surface area contributed by atoms with Crippen LogP contribution in [0.1, 0.15) is 11.6 Å². The Kier molecular flexibility index (Phi) is 5.05. The summed E-state index contributed by atoms with van der Waals surface area (Å²) in [6, 6.07) is 11.2. The molecule has 0 saturated carbocycles. The highest BCUT2D eigenvalue weighted by atomic mass is 19.3. The average molecular weight is 297 g/mol. The van der Waals surface area contributed by atoms with Crippen LogP contribution in [0, 0.1) is 5.82 Å². The Balaban J connectivity index is 2.08. The van der Waals surface area contributed by atoms with E-state index in [4.69, 9.17) is 0 Å². The number of anilines is 1. The van der Waals surface area contributed by atoms with E-state index in [2.05, 4.69) is 10.1 Å². The van der Waals surface area contributed by atoms with Crippen LogP contribution in [-0.4, -0.2) is 18.3 Å². The monoisotopic (exact) mass is 297 g/mol. The topological polar surface area (TPSA) is 41.5 Å². The predicted molar refractivity (Wildman–Crippen MR) is 72.9 cm³/mol. The number of aliphatic hydroxyl groups is 1. The van der Waals surface area contributed by atoms with Crippen LogP contribution in [0.2, 0.25) is 0 Å². The third-order valence-electron chi connectivity index (χ3n) is 2.88. The standard InChI is InChI=1S/C15H14F3NO2/c16-11-3-5-12(6-4-11)19-14(9-20)10-1-7-13(8-2-10)21-15(17)18/h1-8,14-15,19-20H,9H2. The lowest BCUT2D eigenvalue weighted by Crippen LogP contribution is -2.14. The number of rotatable bonds is 6. The molecule has 2 aromatic carbocycles. The Morgan fingerprint density at radius 2 is 1.62 bits per heavy atom. The number of hydrogen-bond acceptors (Lipinski definition) is 3. The molecule has 6 heteroatoms. The lowest BCUT2D eigenvalue weighted by Gasteiger charge is -2.18. The third-order valence-corrected chi connectivity index (χ3v) is 2.88. The van der Waals surface area contributed by atoms with E-state index in [0.29, 0.717) is 11.3 Å². The summed E-state index contributed by atoms with van der Waals surface area (Å²) in [6.45, 7) is -3.08. The van der Waals surface area contributed by atoms with Gasteiger partial charge in [0, 0.05) is 5.69 Å². The van der Waals surface area contributed by atoms with Crippen LogP contribution in [0.25, 0.3) is 0 Å². The molecule has 2 N–H and O–H groups in total. The molecule has 2 aromatic rings. The minimum atomic E-state index is -2.87. The Bertz CT molecular complexity index is 558. The van der Waals surface area contributed by atoms with Crippen LogP contribution >= 0.6 is 0 Å². The summed E-state index contributed by atoms with van der Waals surface area (Å²) in [4.78, 5) is 0. The summed E-state index contributed by atoms with van der Waals surface area (Å²) in [7, 11) is 0. The molecule has 3 nitrogen and oxygen atoms in total. The second-order valence-electron chi connectivity index (χ2n) is 4.33. The zero-order chi connectivity index (χ0) is 15.2. The van der Waals surface area contributed by atoms with E-state index in [0.717, 1.165) is 0 Å². The molecule has 0 amide bonds. The summed E-state index contributed by atoms with van der Waals surface area (Å²) in [5.41, 5.74) is 1.34. The molecule has 21 heavy (non-hydrogen) atoms. The molecule has 0 spiro atoms. The number of aliphatic hydroxyl groups excluding tert-OH is 1. The first-order valence-electron chi connectivity index (χ1n) is 6.26. The highest BCUT2D eigenvalue weighted by molar-refractivity contribution is 5.46. The number of ether oxygens (including phenoxy) is 1. The van der Waals surface area contributed by atoms with Crippen LogP contribution in [0.5, 0.6) is 5.75 Å². The summed E-state index contributed by atoms with van der Waals surface area (Å²) in [6.07, 6.45) is 0. The van der Waals surface area contributed by atoms with Gasteiger partial charge in [0.05, 0.1) is 12.6 Å². The minimum Gasteiger partial charge on any atom is -0.435 e. The second kappa shape index (κ2) is 6.99. The highest BCUT2D eigenvalue weighted by Gasteiger charge is 2.11. The third kappa shape index (κ3) is 4.39. The molecule has 112 valence electrons. The van der Waals surface area contributed by atoms with Gasteiger partial charge in [-0.05, 0) is 42.0 Å². The molecule has 0 aromatic heterocycles. The van der Waals surface area contributed by atoms with Crippen molar-refractivity contribution < 1.29 is 23.0 Å². The van der Waals surface area contributed by atoms with Gasteiger partial charge in [-0.15, -0.1) is 0 Å². The zero-order valence-electron chi connectivity index (χ0n) is 11.0. The fraction of sp³-hybridized carbons (Fsp3) is 0.200.